The van der Waals surface area contributed by atoms with E-state index < -0.39 is 0 Å². The highest BCUT2D eigenvalue weighted by Gasteiger charge is 2.27. The van der Waals surface area contributed by atoms with E-state index in [2.05, 4.69) is 51.2 Å². The standard InChI is InChI=1S/C20H29N7O/c1-12(2)10-16-24-17-15(8-9-21-20(17)28)18(25-16)23-13(3)19-26-22-11-27(19)14-6-4-5-7-14/h11-14H,4-10H2,1-3H3,(H,21,28)(H,23,24,25). The quantitative estimate of drug-likeness (QED) is 0.796. The van der Waals surface area contributed by atoms with Crippen LogP contribution in [0.15, 0.2) is 6.33 Å². The number of hydrogen-bond acceptors (Lipinski definition) is 6. The lowest BCUT2D eigenvalue weighted by atomic mass is 10.0. The molecular formula is C20H29N7O. The largest absolute Gasteiger partial charge is 0.360 e. The minimum absolute atomic E-state index is 0.0565. The number of aromatic nitrogens is 5. The van der Waals surface area contributed by atoms with Gasteiger partial charge >= 0.3 is 0 Å². The van der Waals surface area contributed by atoms with Crippen LogP contribution in [0.2, 0.25) is 0 Å². The number of hydrogen-bond donors (Lipinski definition) is 2. The van der Waals surface area contributed by atoms with E-state index in [1.165, 1.54) is 25.7 Å². The third-order valence-corrected chi connectivity index (χ3v) is 5.58. The Hall–Kier alpha value is -2.51. The third kappa shape index (κ3) is 3.72. The summed E-state index contributed by atoms with van der Waals surface area (Å²) in [6.07, 6.45) is 8.19. The average Bonchev–Trinajstić information content (AvgIpc) is 3.33. The summed E-state index contributed by atoms with van der Waals surface area (Å²) in [5, 5.41) is 15.0. The van der Waals surface area contributed by atoms with Crippen LogP contribution in [0.25, 0.3) is 0 Å². The molecule has 1 atom stereocenters. The third-order valence-electron chi connectivity index (χ3n) is 5.58. The van der Waals surface area contributed by atoms with E-state index in [4.69, 9.17) is 4.98 Å². The lowest BCUT2D eigenvalue weighted by Gasteiger charge is -2.23. The molecule has 0 saturated heterocycles. The van der Waals surface area contributed by atoms with Gasteiger partial charge in [-0.1, -0.05) is 26.7 Å². The van der Waals surface area contributed by atoms with Gasteiger partial charge in [-0.25, -0.2) is 9.97 Å². The highest BCUT2D eigenvalue weighted by atomic mass is 16.1. The molecule has 1 unspecified atom stereocenters. The van der Waals surface area contributed by atoms with Crippen LogP contribution >= 0.6 is 0 Å². The number of nitrogens with one attached hydrogen (secondary N) is 2. The first-order valence-electron chi connectivity index (χ1n) is 10.4. The van der Waals surface area contributed by atoms with Crippen molar-refractivity contribution in [3.05, 3.63) is 29.2 Å². The molecule has 2 N–H and O–H groups in total. The van der Waals surface area contributed by atoms with Gasteiger partial charge in [0.25, 0.3) is 5.91 Å². The second-order valence-electron chi connectivity index (χ2n) is 8.32. The van der Waals surface area contributed by atoms with Gasteiger partial charge < -0.3 is 15.2 Å². The molecule has 3 heterocycles. The molecule has 8 nitrogen and oxygen atoms in total. The van der Waals surface area contributed by atoms with Crippen molar-refractivity contribution in [3.63, 3.8) is 0 Å². The minimum Gasteiger partial charge on any atom is -0.360 e. The summed E-state index contributed by atoms with van der Waals surface area (Å²) in [4.78, 5) is 21.7. The first-order chi connectivity index (χ1) is 13.5. The smallest absolute Gasteiger partial charge is 0.270 e. The zero-order valence-electron chi connectivity index (χ0n) is 16.9. The van der Waals surface area contributed by atoms with Crippen LogP contribution in [-0.2, 0) is 12.8 Å². The van der Waals surface area contributed by atoms with Gasteiger partial charge in [-0.3, -0.25) is 4.79 Å². The van der Waals surface area contributed by atoms with Gasteiger partial charge in [0.1, 0.15) is 23.7 Å². The van der Waals surface area contributed by atoms with Gasteiger partial charge in [0.05, 0.1) is 6.04 Å². The van der Waals surface area contributed by atoms with E-state index in [0.29, 0.717) is 30.0 Å². The zero-order chi connectivity index (χ0) is 19.7. The van der Waals surface area contributed by atoms with Crippen molar-refractivity contribution in [3.8, 4) is 0 Å². The van der Waals surface area contributed by atoms with E-state index >= 15 is 0 Å². The van der Waals surface area contributed by atoms with E-state index in [-0.39, 0.29) is 11.9 Å². The summed E-state index contributed by atoms with van der Waals surface area (Å²) in [5.74, 6) is 2.69. The highest BCUT2D eigenvalue weighted by Crippen LogP contribution is 2.32. The van der Waals surface area contributed by atoms with E-state index in [1.54, 1.807) is 0 Å². The van der Waals surface area contributed by atoms with Crippen LogP contribution in [0, 0.1) is 5.92 Å². The summed E-state index contributed by atoms with van der Waals surface area (Å²) in [7, 11) is 0. The number of nitrogens with zero attached hydrogens (tertiary/aromatic N) is 5. The van der Waals surface area contributed by atoms with Crippen LogP contribution in [-0.4, -0.2) is 37.2 Å². The summed E-state index contributed by atoms with van der Waals surface area (Å²) >= 11 is 0. The minimum atomic E-state index is -0.113. The van der Waals surface area contributed by atoms with Gasteiger partial charge in [-0.15, -0.1) is 10.2 Å². The Morgan fingerprint density at radius 3 is 2.79 bits per heavy atom. The molecule has 8 heteroatoms. The number of amides is 1. The van der Waals surface area contributed by atoms with Crippen molar-refractivity contribution >= 4 is 11.7 Å². The lowest BCUT2D eigenvalue weighted by molar-refractivity contribution is 0.0940. The Labute approximate surface area is 165 Å². The number of anilines is 1. The molecule has 1 amide bonds. The number of carbonyl (C=O) groups excluding carboxylic acids is 1. The molecule has 0 aromatic carbocycles. The SMILES string of the molecule is CC(C)Cc1nc(NC(C)c2nncn2C2CCCC2)c2c(n1)C(=O)NCC2. The Kier molecular flexibility index (Phi) is 5.28. The average molecular weight is 384 g/mol. The maximum Gasteiger partial charge on any atom is 0.270 e. The van der Waals surface area contributed by atoms with Crippen molar-refractivity contribution < 1.29 is 4.79 Å². The summed E-state index contributed by atoms with van der Waals surface area (Å²) in [6, 6.07) is 0.426. The molecule has 1 fully saturated rings. The second kappa shape index (κ2) is 7.85. The van der Waals surface area contributed by atoms with Gasteiger partial charge in [-0.2, -0.15) is 0 Å². The first-order valence-corrected chi connectivity index (χ1v) is 10.4. The fourth-order valence-corrected chi connectivity index (χ4v) is 4.21. The maximum atomic E-state index is 12.4. The molecule has 1 saturated carbocycles. The van der Waals surface area contributed by atoms with Gasteiger partial charge in [0, 0.05) is 24.6 Å². The Bertz CT molecular complexity index is 854. The molecule has 28 heavy (non-hydrogen) atoms. The van der Waals surface area contributed by atoms with E-state index in [0.717, 1.165) is 30.0 Å². The monoisotopic (exact) mass is 383 g/mol. The second-order valence-corrected chi connectivity index (χ2v) is 8.32. The molecule has 2 aliphatic rings. The van der Waals surface area contributed by atoms with Crippen LogP contribution in [0.3, 0.4) is 0 Å². The Balaban J connectivity index is 1.64. The predicted octanol–water partition coefficient (Wildman–Crippen LogP) is 2.84. The van der Waals surface area contributed by atoms with E-state index in [9.17, 15) is 4.79 Å². The van der Waals surface area contributed by atoms with Crippen molar-refractivity contribution in [2.24, 2.45) is 5.92 Å². The van der Waals surface area contributed by atoms with Gasteiger partial charge in [0.2, 0.25) is 0 Å². The zero-order valence-corrected chi connectivity index (χ0v) is 16.9. The molecule has 150 valence electrons. The van der Waals surface area contributed by atoms with Crippen LogP contribution < -0.4 is 10.6 Å². The first kappa shape index (κ1) is 18.8. The normalized spacial score (nSPS) is 18.2. The molecule has 4 rings (SSSR count). The fourth-order valence-electron chi connectivity index (χ4n) is 4.21. The number of carbonyl (C=O) groups is 1. The molecule has 1 aliphatic heterocycles. The lowest BCUT2D eigenvalue weighted by Crippen LogP contribution is -2.34. The van der Waals surface area contributed by atoms with Crippen molar-refractivity contribution in [1.82, 2.24) is 30.0 Å². The van der Waals surface area contributed by atoms with Crippen molar-refractivity contribution in [2.75, 3.05) is 11.9 Å². The van der Waals surface area contributed by atoms with Crippen LogP contribution in [0.5, 0.6) is 0 Å². The topological polar surface area (TPSA) is 97.6 Å². The summed E-state index contributed by atoms with van der Waals surface area (Å²) < 4.78 is 2.21. The summed E-state index contributed by atoms with van der Waals surface area (Å²) in [6.45, 7) is 6.94. The number of fused-ring (bicyclic) bond motifs is 1. The Morgan fingerprint density at radius 2 is 2.04 bits per heavy atom. The molecule has 2 aromatic heterocycles. The summed E-state index contributed by atoms with van der Waals surface area (Å²) in [5.41, 5.74) is 1.40. The van der Waals surface area contributed by atoms with Crippen molar-refractivity contribution in [2.45, 2.75) is 71.4 Å². The molecule has 2 aromatic rings. The van der Waals surface area contributed by atoms with Gasteiger partial charge in [-0.05, 0) is 32.1 Å². The van der Waals surface area contributed by atoms with Crippen LogP contribution in [0.1, 0.15) is 86.2 Å². The maximum absolute atomic E-state index is 12.4. The van der Waals surface area contributed by atoms with Crippen molar-refractivity contribution in [1.29, 1.82) is 0 Å². The van der Waals surface area contributed by atoms with Crippen LogP contribution in [0.4, 0.5) is 5.82 Å². The molecule has 0 bridgehead atoms. The molecule has 0 radical (unpaired) electrons. The fraction of sp³-hybridized carbons (Fsp3) is 0.650. The van der Waals surface area contributed by atoms with E-state index in [1.807, 2.05) is 6.33 Å². The molecular weight excluding hydrogens is 354 g/mol. The predicted molar refractivity (Wildman–Crippen MR) is 106 cm³/mol. The number of rotatable bonds is 6. The molecule has 1 aliphatic carbocycles. The Morgan fingerprint density at radius 1 is 1.25 bits per heavy atom. The van der Waals surface area contributed by atoms with Gasteiger partial charge in [0.15, 0.2) is 5.82 Å². The highest BCUT2D eigenvalue weighted by molar-refractivity contribution is 5.96. The molecule has 0 spiro atoms.